The van der Waals surface area contributed by atoms with Crippen molar-refractivity contribution in [1.29, 1.82) is 0 Å². The van der Waals surface area contributed by atoms with Crippen molar-refractivity contribution in [2.75, 3.05) is 19.8 Å². The smallest absolute Gasteiger partial charge is 0.178 e. The van der Waals surface area contributed by atoms with Crippen molar-refractivity contribution in [3.8, 4) is 48.5 Å². The maximum atomic E-state index is 5.54. The van der Waals surface area contributed by atoms with Gasteiger partial charge in [0.15, 0.2) is 11.5 Å². The highest BCUT2D eigenvalue weighted by molar-refractivity contribution is 5.56. The molecule has 0 amide bonds. The Morgan fingerprint density at radius 2 is 1.74 bits per heavy atom. The average molecular weight is 253 g/mol. The van der Waals surface area contributed by atoms with Gasteiger partial charge in [-0.25, -0.2) is 0 Å². The van der Waals surface area contributed by atoms with Crippen molar-refractivity contribution in [2.24, 2.45) is 5.73 Å². The van der Waals surface area contributed by atoms with Crippen LogP contribution in [0.3, 0.4) is 0 Å². The summed E-state index contributed by atoms with van der Waals surface area (Å²) < 4.78 is 10.9. The van der Waals surface area contributed by atoms with Crippen molar-refractivity contribution < 1.29 is 9.47 Å². The Kier molecular flexibility index (Phi) is 5.90. The average Bonchev–Trinajstić information content (AvgIpc) is 2.43. The fourth-order valence-electron chi connectivity index (χ4n) is 1.57. The van der Waals surface area contributed by atoms with Crippen LogP contribution in [0.15, 0.2) is 12.1 Å². The molecule has 0 aliphatic rings. The minimum Gasteiger partial charge on any atom is -0.477 e. The summed E-state index contributed by atoms with van der Waals surface area (Å²) in [6.07, 6.45) is 16.5. The van der Waals surface area contributed by atoms with E-state index < -0.39 is 0 Å². The summed E-state index contributed by atoms with van der Waals surface area (Å²) in [6, 6.07) is 3.65. The van der Waals surface area contributed by atoms with Crippen LogP contribution in [-0.2, 0) is 6.42 Å². The quantitative estimate of drug-likeness (QED) is 0.775. The number of benzene rings is 1. The van der Waals surface area contributed by atoms with Gasteiger partial charge in [-0.15, -0.1) is 19.3 Å². The second-order valence-corrected chi connectivity index (χ2v) is 3.64. The molecule has 0 atom stereocenters. The summed E-state index contributed by atoms with van der Waals surface area (Å²) in [5.41, 5.74) is 7.08. The van der Waals surface area contributed by atoms with Gasteiger partial charge in [0.1, 0.15) is 13.2 Å². The zero-order valence-electron chi connectivity index (χ0n) is 10.6. The Balaban J connectivity index is 3.20. The lowest BCUT2D eigenvalue weighted by atomic mass is 10.1. The molecule has 19 heavy (non-hydrogen) atoms. The third-order valence-electron chi connectivity index (χ3n) is 2.31. The van der Waals surface area contributed by atoms with Crippen molar-refractivity contribution in [2.45, 2.75) is 6.42 Å². The van der Waals surface area contributed by atoms with Crippen LogP contribution in [0.25, 0.3) is 0 Å². The van der Waals surface area contributed by atoms with Crippen LogP contribution in [0.4, 0.5) is 0 Å². The molecule has 0 aromatic heterocycles. The van der Waals surface area contributed by atoms with Crippen molar-refractivity contribution >= 4 is 0 Å². The van der Waals surface area contributed by atoms with Gasteiger partial charge in [0.05, 0.1) is 5.56 Å². The third-order valence-corrected chi connectivity index (χ3v) is 2.31. The van der Waals surface area contributed by atoms with Gasteiger partial charge in [-0.2, -0.15) is 0 Å². The number of hydrogen-bond donors (Lipinski definition) is 1. The minimum absolute atomic E-state index is 0.108. The van der Waals surface area contributed by atoms with Crippen LogP contribution >= 0.6 is 0 Å². The third kappa shape index (κ3) is 4.00. The van der Waals surface area contributed by atoms with Gasteiger partial charge < -0.3 is 15.2 Å². The molecule has 0 radical (unpaired) electrons. The Morgan fingerprint density at radius 1 is 1.05 bits per heavy atom. The second kappa shape index (κ2) is 7.72. The van der Waals surface area contributed by atoms with Gasteiger partial charge in [-0.1, -0.05) is 17.8 Å². The summed E-state index contributed by atoms with van der Waals surface area (Å²) in [6.45, 7) is 0.753. The first kappa shape index (κ1) is 14.5. The number of ether oxygens (including phenoxy) is 2. The summed E-state index contributed by atoms with van der Waals surface area (Å²) >= 11 is 0. The minimum atomic E-state index is 0.108. The summed E-state index contributed by atoms with van der Waals surface area (Å²) in [5, 5.41) is 0. The predicted molar refractivity (Wildman–Crippen MR) is 75.8 cm³/mol. The van der Waals surface area contributed by atoms with E-state index in [0.717, 1.165) is 5.56 Å². The SMILES string of the molecule is C#CCOc1cc(CCN)cc(C#C)c1OCC#C. The van der Waals surface area contributed by atoms with Crippen molar-refractivity contribution in [1.82, 2.24) is 0 Å². The van der Waals surface area contributed by atoms with E-state index in [1.807, 2.05) is 12.1 Å². The van der Waals surface area contributed by atoms with Gasteiger partial charge in [-0.05, 0) is 30.7 Å². The Morgan fingerprint density at radius 3 is 2.32 bits per heavy atom. The van der Waals surface area contributed by atoms with Crippen molar-refractivity contribution in [3.05, 3.63) is 23.3 Å². The molecule has 1 aromatic carbocycles. The van der Waals surface area contributed by atoms with E-state index in [1.54, 1.807) is 0 Å². The molecule has 0 heterocycles. The summed E-state index contributed by atoms with van der Waals surface area (Å²) in [7, 11) is 0. The maximum absolute atomic E-state index is 5.54. The fourth-order valence-corrected chi connectivity index (χ4v) is 1.57. The number of hydrogen-bond acceptors (Lipinski definition) is 3. The van der Waals surface area contributed by atoms with Crippen LogP contribution in [0.1, 0.15) is 11.1 Å². The molecular weight excluding hydrogens is 238 g/mol. The predicted octanol–water partition coefficient (Wildman–Crippen LogP) is 1.19. The summed E-state index contributed by atoms with van der Waals surface area (Å²) in [5.74, 6) is 8.27. The number of nitrogens with two attached hydrogens (primary N) is 1. The first-order chi connectivity index (χ1) is 9.26. The standard InChI is InChI=1S/C16H15NO2/c1-4-9-18-15-12-13(7-8-17)11-14(6-3)16(15)19-10-5-2/h1-3,11-12H,7-10,17H2. The van der Waals surface area contributed by atoms with Crippen LogP contribution in [-0.4, -0.2) is 19.8 Å². The Hall–Kier alpha value is -2.54. The maximum Gasteiger partial charge on any atom is 0.178 e. The molecule has 0 fully saturated rings. The van der Waals surface area contributed by atoms with Crippen LogP contribution in [0, 0.1) is 37.0 Å². The zero-order chi connectivity index (χ0) is 14.1. The molecule has 0 saturated carbocycles. The zero-order valence-corrected chi connectivity index (χ0v) is 10.6. The van der Waals surface area contributed by atoms with E-state index in [0.29, 0.717) is 30.0 Å². The van der Waals surface area contributed by atoms with Gasteiger partial charge >= 0.3 is 0 Å². The molecule has 0 aliphatic heterocycles. The van der Waals surface area contributed by atoms with Crippen LogP contribution < -0.4 is 15.2 Å². The highest BCUT2D eigenvalue weighted by Gasteiger charge is 2.12. The molecule has 1 aromatic rings. The Labute approximate surface area is 114 Å². The first-order valence-electron chi connectivity index (χ1n) is 5.73. The molecule has 3 heteroatoms. The molecule has 96 valence electrons. The molecule has 3 nitrogen and oxygen atoms in total. The Bertz CT molecular complexity index is 556. The van der Waals surface area contributed by atoms with Gasteiger partial charge in [0.2, 0.25) is 0 Å². The van der Waals surface area contributed by atoms with E-state index in [1.165, 1.54) is 0 Å². The van der Waals surface area contributed by atoms with E-state index >= 15 is 0 Å². The van der Waals surface area contributed by atoms with Crippen LogP contribution in [0.2, 0.25) is 0 Å². The lowest BCUT2D eigenvalue weighted by molar-refractivity contribution is 0.313. The van der Waals surface area contributed by atoms with Gasteiger partial charge in [-0.3, -0.25) is 0 Å². The second-order valence-electron chi connectivity index (χ2n) is 3.64. The topological polar surface area (TPSA) is 44.5 Å². The molecule has 0 bridgehead atoms. The van der Waals surface area contributed by atoms with Crippen LogP contribution in [0.5, 0.6) is 11.5 Å². The molecule has 0 unspecified atom stereocenters. The lowest BCUT2D eigenvalue weighted by Crippen LogP contribution is -2.06. The summed E-state index contributed by atoms with van der Waals surface area (Å²) in [4.78, 5) is 0. The van der Waals surface area contributed by atoms with E-state index in [2.05, 4.69) is 17.8 Å². The van der Waals surface area contributed by atoms with Crippen molar-refractivity contribution in [3.63, 3.8) is 0 Å². The van der Waals surface area contributed by atoms with Gasteiger partial charge in [0.25, 0.3) is 0 Å². The number of rotatable bonds is 6. The normalized spacial score (nSPS) is 8.95. The monoisotopic (exact) mass is 253 g/mol. The molecule has 2 N–H and O–H groups in total. The molecule has 1 rings (SSSR count). The molecule has 0 saturated heterocycles. The highest BCUT2D eigenvalue weighted by atomic mass is 16.5. The fraction of sp³-hybridized carbons (Fsp3) is 0.250. The van der Waals surface area contributed by atoms with E-state index in [4.69, 9.17) is 34.5 Å². The largest absolute Gasteiger partial charge is 0.477 e. The highest BCUT2D eigenvalue weighted by Crippen LogP contribution is 2.33. The lowest BCUT2D eigenvalue weighted by Gasteiger charge is -2.14. The molecular formula is C16H15NO2. The van der Waals surface area contributed by atoms with E-state index in [9.17, 15) is 0 Å². The molecule has 0 spiro atoms. The first-order valence-corrected chi connectivity index (χ1v) is 5.73. The number of terminal acetylenes is 3. The molecule has 0 aliphatic carbocycles. The van der Waals surface area contributed by atoms with Gasteiger partial charge in [0, 0.05) is 0 Å². The van der Waals surface area contributed by atoms with E-state index in [-0.39, 0.29) is 13.2 Å².